The molecular formula is C20H26O. The molecule has 2 atom stereocenters. The molecule has 1 aromatic rings. The lowest BCUT2D eigenvalue weighted by atomic mass is 9.52. The van der Waals surface area contributed by atoms with E-state index in [0.717, 1.165) is 12.4 Å². The smallest absolute Gasteiger partial charge is 0.123 e. The van der Waals surface area contributed by atoms with Crippen molar-refractivity contribution in [3.63, 3.8) is 0 Å². The summed E-state index contributed by atoms with van der Waals surface area (Å²) < 4.78 is 6.17. The van der Waals surface area contributed by atoms with Gasteiger partial charge in [0, 0.05) is 11.0 Å². The van der Waals surface area contributed by atoms with E-state index in [1.165, 1.54) is 36.0 Å². The highest BCUT2D eigenvalue weighted by molar-refractivity contribution is 5.70. The van der Waals surface area contributed by atoms with Gasteiger partial charge in [-0.25, -0.2) is 0 Å². The van der Waals surface area contributed by atoms with E-state index in [-0.39, 0.29) is 5.41 Å². The first-order chi connectivity index (χ1) is 9.96. The largest absolute Gasteiger partial charge is 0.492 e. The lowest BCUT2D eigenvalue weighted by Crippen LogP contribution is -2.48. The molecule has 1 saturated carbocycles. The highest BCUT2D eigenvalue weighted by Gasteiger charge is 2.55. The Kier molecular flexibility index (Phi) is 2.65. The van der Waals surface area contributed by atoms with Crippen LogP contribution in [0.3, 0.4) is 0 Å². The van der Waals surface area contributed by atoms with Crippen molar-refractivity contribution < 1.29 is 4.74 Å². The highest BCUT2D eigenvalue weighted by Crippen LogP contribution is 2.60. The Hall–Kier alpha value is -1.24. The van der Waals surface area contributed by atoms with Crippen molar-refractivity contribution >= 4 is 6.08 Å². The van der Waals surface area contributed by atoms with Crippen molar-refractivity contribution in [1.82, 2.24) is 0 Å². The minimum absolute atomic E-state index is 0.242. The predicted molar refractivity (Wildman–Crippen MR) is 87.9 cm³/mol. The number of ether oxygens (including phenoxy) is 1. The van der Waals surface area contributed by atoms with Gasteiger partial charge >= 0.3 is 0 Å². The van der Waals surface area contributed by atoms with Gasteiger partial charge in [0.2, 0.25) is 0 Å². The molecule has 1 heteroatoms. The molecule has 1 spiro atoms. The summed E-state index contributed by atoms with van der Waals surface area (Å²) in [5.74, 6) is 2.34. The van der Waals surface area contributed by atoms with Crippen LogP contribution in [0, 0.1) is 11.3 Å². The van der Waals surface area contributed by atoms with Gasteiger partial charge in [-0.3, -0.25) is 0 Å². The minimum Gasteiger partial charge on any atom is -0.492 e. The predicted octanol–water partition coefficient (Wildman–Crippen LogP) is 5.29. The fraction of sp³-hybridized carbons (Fsp3) is 0.600. The monoisotopic (exact) mass is 282 g/mol. The Morgan fingerprint density at radius 2 is 2.00 bits per heavy atom. The number of benzene rings is 1. The van der Waals surface area contributed by atoms with Crippen LogP contribution in [0.5, 0.6) is 5.75 Å². The molecule has 3 aliphatic rings. The molecular weight excluding hydrogens is 256 g/mol. The third-order valence-electron chi connectivity index (χ3n) is 6.18. The highest BCUT2D eigenvalue weighted by atomic mass is 16.5. The van der Waals surface area contributed by atoms with Crippen molar-refractivity contribution in [3.05, 3.63) is 34.9 Å². The Morgan fingerprint density at radius 3 is 2.76 bits per heavy atom. The van der Waals surface area contributed by atoms with Crippen LogP contribution in [0.2, 0.25) is 0 Å². The van der Waals surface area contributed by atoms with Crippen molar-refractivity contribution in [1.29, 1.82) is 0 Å². The molecule has 0 amide bonds. The average molecular weight is 282 g/mol. The SMILES string of the molecule is CC(C)c1ccc2c3c1C=C[C@@H]1C(C)(C)CCC[C@]31CO2. The second-order valence-corrected chi connectivity index (χ2v) is 8.22. The standard InChI is InChI=1S/C20H26O/c1-13(2)14-6-8-16-18-15(14)7-9-17-19(3,4)10-5-11-20(17,18)12-21-16/h6-9,13,17H,5,10-12H2,1-4H3/t17-,20-/m1/s1. The molecule has 1 fully saturated rings. The molecule has 4 rings (SSSR count). The molecule has 1 aliphatic heterocycles. The normalized spacial score (nSPS) is 31.8. The van der Waals surface area contributed by atoms with E-state index in [0.29, 0.717) is 17.3 Å². The van der Waals surface area contributed by atoms with Crippen LogP contribution in [0.15, 0.2) is 18.2 Å². The van der Waals surface area contributed by atoms with Gasteiger partial charge in [0.1, 0.15) is 5.75 Å². The fourth-order valence-corrected chi connectivity index (χ4v) is 5.21. The molecule has 0 N–H and O–H groups in total. The molecule has 0 aromatic heterocycles. The van der Waals surface area contributed by atoms with Gasteiger partial charge in [-0.1, -0.05) is 52.3 Å². The molecule has 0 unspecified atom stereocenters. The first-order valence-corrected chi connectivity index (χ1v) is 8.44. The average Bonchev–Trinajstić information content (AvgIpc) is 2.79. The van der Waals surface area contributed by atoms with Crippen molar-refractivity contribution in [2.45, 2.75) is 58.3 Å². The van der Waals surface area contributed by atoms with Crippen molar-refractivity contribution in [2.75, 3.05) is 6.61 Å². The van der Waals surface area contributed by atoms with Gasteiger partial charge in [0.15, 0.2) is 0 Å². The van der Waals surface area contributed by atoms with E-state index in [1.807, 2.05) is 0 Å². The minimum atomic E-state index is 0.242. The summed E-state index contributed by atoms with van der Waals surface area (Å²) in [6, 6.07) is 4.50. The molecule has 21 heavy (non-hydrogen) atoms. The zero-order valence-electron chi connectivity index (χ0n) is 13.7. The lowest BCUT2D eigenvalue weighted by molar-refractivity contribution is 0.0626. The van der Waals surface area contributed by atoms with Crippen molar-refractivity contribution in [3.8, 4) is 5.75 Å². The van der Waals surface area contributed by atoms with Crippen LogP contribution in [-0.2, 0) is 5.41 Å². The summed E-state index contributed by atoms with van der Waals surface area (Å²) in [4.78, 5) is 0. The summed E-state index contributed by atoms with van der Waals surface area (Å²) in [6.07, 6.45) is 8.85. The van der Waals surface area contributed by atoms with Gasteiger partial charge in [-0.15, -0.1) is 0 Å². The van der Waals surface area contributed by atoms with Gasteiger partial charge in [0.05, 0.1) is 6.61 Å². The number of rotatable bonds is 1. The van der Waals surface area contributed by atoms with Crippen LogP contribution >= 0.6 is 0 Å². The fourth-order valence-electron chi connectivity index (χ4n) is 5.21. The van der Waals surface area contributed by atoms with Gasteiger partial charge in [0.25, 0.3) is 0 Å². The summed E-state index contributed by atoms with van der Waals surface area (Å²) in [5.41, 5.74) is 5.11. The molecule has 0 radical (unpaired) electrons. The summed E-state index contributed by atoms with van der Waals surface area (Å²) in [6.45, 7) is 10.4. The van der Waals surface area contributed by atoms with Gasteiger partial charge in [-0.2, -0.15) is 0 Å². The van der Waals surface area contributed by atoms with Gasteiger partial charge in [-0.05, 0) is 47.3 Å². The second kappa shape index (κ2) is 4.15. The van der Waals surface area contributed by atoms with Crippen LogP contribution in [0.4, 0.5) is 0 Å². The van der Waals surface area contributed by atoms with E-state index in [2.05, 4.69) is 52.0 Å². The Labute approximate surface area is 128 Å². The molecule has 1 heterocycles. The Bertz CT molecular complexity index is 619. The van der Waals surface area contributed by atoms with Gasteiger partial charge < -0.3 is 4.74 Å². The second-order valence-electron chi connectivity index (χ2n) is 8.22. The topological polar surface area (TPSA) is 9.23 Å². The first kappa shape index (κ1) is 13.4. The molecule has 1 nitrogen and oxygen atoms in total. The number of allylic oxidation sites excluding steroid dienone is 1. The molecule has 2 aliphatic carbocycles. The first-order valence-electron chi connectivity index (χ1n) is 8.44. The van der Waals surface area contributed by atoms with Crippen LogP contribution in [-0.4, -0.2) is 6.61 Å². The summed E-state index contributed by atoms with van der Waals surface area (Å²) in [7, 11) is 0. The number of hydrogen-bond donors (Lipinski definition) is 0. The zero-order chi connectivity index (χ0) is 14.8. The third kappa shape index (κ3) is 1.64. The summed E-state index contributed by atoms with van der Waals surface area (Å²) in [5, 5.41) is 0. The number of hydrogen-bond acceptors (Lipinski definition) is 1. The van der Waals surface area contributed by atoms with E-state index in [1.54, 1.807) is 0 Å². The maximum atomic E-state index is 6.17. The zero-order valence-corrected chi connectivity index (χ0v) is 13.7. The Morgan fingerprint density at radius 1 is 1.19 bits per heavy atom. The van der Waals surface area contributed by atoms with E-state index in [9.17, 15) is 0 Å². The summed E-state index contributed by atoms with van der Waals surface area (Å²) >= 11 is 0. The Balaban J connectivity index is 1.97. The molecule has 0 saturated heterocycles. The lowest BCUT2D eigenvalue weighted by Gasteiger charge is -2.51. The molecule has 112 valence electrons. The maximum absolute atomic E-state index is 6.17. The van der Waals surface area contributed by atoms with Crippen LogP contribution in [0.25, 0.3) is 6.08 Å². The van der Waals surface area contributed by atoms with E-state index < -0.39 is 0 Å². The maximum Gasteiger partial charge on any atom is 0.123 e. The van der Waals surface area contributed by atoms with Crippen LogP contribution in [0.1, 0.15) is 69.6 Å². The van der Waals surface area contributed by atoms with Crippen LogP contribution < -0.4 is 4.74 Å². The molecule has 1 aromatic carbocycles. The molecule has 0 bridgehead atoms. The third-order valence-corrected chi connectivity index (χ3v) is 6.18. The van der Waals surface area contributed by atoms with E-state index >= 15 is 0 Å². The van der Waals surface area contributed by atoms with E-state index in [4.69, 9.17) is 4.74 Å². The van der Waals surface area contributed by atoms with Crippen molar-refractivity contribution in [2.24, 2.45) is 11.3 Å². The quantitative estimate of drug-likeness (QED) is 0.679.